The highest BCUT2D eigenvalue weighted by molar-refractivity contribution is 5.92. The fraction of sp³-hybridized carbons (Fsp3) is 0.462. The highest BCUT2D eigenvalue weighted by atomic mass is 16.6. The van der Waals surface area contributed by atoms with Crippen LogP contribution in [-0.4, -0.2) is 17.4 Å². The zero-order valence-corrected chi connectivity index (χ0v) is 11.1. The van der Waals surface area contributed by atoms with E-state index in [4.69, 9.17) is 5.73 Å². The second-order valence-electron chi connectivity index (χ2n) is 4.86. The first-order valence-corrected chi connectivity index (χ1v) is 6.19. The van der Waals surface area contributed by atoms with Gasteiger partial charge in [0, 0.05) is 24.4 Å². The molecule has 3 N–H and O–H groups in total. The third-order valence-electron chi connectivity index (χ3n) is 2.76. The van der Waals surface area contributed by atoms with Crippen LogP contribution in [0.25, 0.3) is 0 Å². The molecule has 104 valence electrons. The molecule has 6 heteroatoms. The minimum absolute atomic E-state index is 0.00412. The molecule has 0 bridgehead atoms. The highest BCUT2D eigenvalue weighted by Gasteiger charge is 2.18. The maximum atomic E-state index is 12.0. The third-order valence-corrected chi connectivity index (χ3v) is 2.76. The molecule has 1 rings (SSSR count). The Balaban J connectivity index is 2.67. The van der Waals surface area contributed by atoms with Crippen LogP contribution >= 0.6 is 0 Å². The smallest absolute Gasteiger partial charge is 0.269 e. The topological polar surface area (TPSA) is 98.3 Å². The zero-order valence-electron chi connectivity index (χ0n) is 11.1. The molecule has 1 atom stereocenters. The van der Waals surface area contributed by atoms with Crippen LogP contribution in [0.2, 0.25) is 0 Å². The molecule has 0 saturated heterocycles. The molecule has 19 heavy (non-hydrogen) atoms. The van der Waals surface area contributed by atoms with Crippen molar-refractivity contribution in [3.05, 3.63) is 34.4 Å². The molecule has 0 aromatic heterocycles. The highest BCUT2D eigenvalue weighted by Crippen LogP contribution is 2.17. The Morgan fingerprint density at radius 1 is 1.37 bits per heavy atom. The van der Waals surface area contributed by atoms with Gasteiger partial charge in [-0.05, 0) is 24.5 Å². The Kier molecular flexibility index (Phi) is 5.44. The Bertz CT molecular complexity index is 443. The zero-order chi connectivity index (χ0) is 14.4. The van der Waals surface area contributed by atoms with Crippen molar-refractivity contribution < 1.29 is 9.72 Å². The molecule has 0 aliphatic heterocycles. The molecule has 0 radical (unpaired) electrons. The van der Waals surface area contributed by atoms with Crippen LogP contribution in [0.4, 0.5) is 11.4 Å². The summed E-state index contributed by atoms with van der Waals surface area (Å²) in [6.45, 7) is 4.35. The van der Waals surface area contributed by atoms with Gasteiger partial charge in [-0.25, -0.2) is 0 Å². The van der Waals surface area contributed by atoms with E-state index in [1.165, 1.54) is 24.3 Å². The van der Waals surface area contributed by atoms with E-state index in [0.29, 0.717) is 11.6 Å². The Morgan fingerprint density at radius 3 is 2.37 bits per heavy atom. The molecule has 0 spiro atoms. The van der Waals surface area contributed by atoms with Crippen LogP contribution in [-0.2, 0) is 4.79 Å². The van der Waals surface area contributed by atoms with Crippen LogP contribution in [0.15, 0.2) is 24.3 Å². The summed E-state index contributed by atoms with van der Waals surface area (Å²) in [5.74, 6) is -0.00333. The molecule has 0 fully saturated rings. The number of benzene rings is 1. The molecule has 0 aliphatic rings. The minimum Gasteiger partial charge on any atom is -0.330 e. The fourth-order valence-corrected chi connectivity index (χ4v) is 1.79. The van der Waals surface area contributed by atoms with E-state index >= 15 is 0 Å². The number of hydrogen-bond donors (Lipinski definition) is 2. The van der Waals surface area contributed by atoms with Gasteiger partial charge in [0.05, 0.1) is 10.8 Å². The number of nitrogens with two attached hydrogens (primary N) is 1. The summed E-state index contributed by atoms with van der Waals surface area (Å²) in [4.78, 5) is 22.0. The van der Waals surface area contributed by atoms with Gasteiger partial charge in [0.15, 0.2) is 0 Å². The summed E-state index contributed by atoms with van der Waals surface area (Å²) in [6.07, 6.45) is 0.718. The number of nitro groups is 1. The largest absolute Gasteiger partial charge is 0.330 e. The normalized spacial score (nSPS) is 12.2. The second-order valence-corrected chi connectivity index (χ2v) is 4.86. The fourth-order valence-electron chi connectivity index (χ4n) is 1.79. The van der Waals surface area contributed by atoms with Crippen molar-refractivity contribution in [1.82, 2.24) is 0 Å². The quantitative estimate of drug-likeness (QED) is 0.608. The lowest BCUT2D eigenvalue weighted by molar-refractivity contribution is -0.384. The van der Waals surface area contributed by atoms with Gasteiger partial charge < -0.3 is 11.1 Å². The SMILES string of the molecule is CC(C)CC(CN)C(=O)Nc1ccc([N+](=O)[O-])cc1. The molecule has 1 aromatic rings. The van der Waals surface area contributed by atoms with Gasteiger partial charge in [-0.1, -0.05) is 13.8 Å². The first-order valence-electron chi connectivity index (χ1n) is 6.19. The van der Waals surface area contributed by atoms with Gasteiger partial charge >= 0.3 is 0 Å². The summed E-state index contributed by atoms with van der Waals surface area (Å²) < 4.78 is 0. The Labute approximate surface area is 112 Å². The van der Waals surface area contributed by atoms with Gasteiger partial charge in [0.25, 0.3) is 5.69 Å². The van der Waals surface area contributed by atoms with Crippen molar-refractivity contribution in [2.24, 2.45) is 17.6 Å². The van der Waals surface area contributed by atoms with E-state index < -0.39 is 4.92 Å². The van der Waals surface area contributed by atoms with E-state index in [1.54, 1.807) is 0 Å². The van der Waals surface area contributed by atoms with Crippen molar-refractivity contribution in [2.45, 2.75) is 20.3 Å². The average Bonchev–Trinajstić information content (AvgIpc) is 2.36. The number of amides is 1. The van der Waals surface area contributed by atoms with Gasteiger partial charge in [-0.2, -0.15) is 0 Å². The molecule has 0 saturated carbocycles. The third kappa shape index (κ3) is 4.67. The molecular formula is C13H19N3O3. The lowest BCUT2D eigenvalue weighted by Crippen LogP contribution is -2.30. The average molecular weight is 265 g/mol. The number of nitro benzene ring substituents is 1. The number of anilines is 1. The van der Waals surface area contributed by atoms with Crippen LogP contribution < -0.4 is 11.1 Å². The standard InChI is InChI=1S/C13H19N3O3/c1-9(2)7-10(8-14)13(17)15-11-3-5-12(6-4-11)16(18)19/h3-6,9-10H,7-8,14H2,1-2H3,(H,15,17). The predicted molar refractivity (Wildman–Crippen MR) is 73.7 cm³/mol. The van der Waals surface area contributed by atoms with Gasteiger partial charge in [-0.15, -0.1) is 0 Å². The summed E-state index contributed by atoms with van der Waals surface area (Å²) in [7, 11) is 0. The van der Waals surface area contributed by atoms with Crippen LogP contribution in [0.3, 0.4) is 0 Å². The monoisotopic (exact) mass is 265 g/mol. The van der Waals surface area contributed by atoms with Crippen LogP contribution in [0.1, 0.15) is 20.3 Å². The molecule has 1 aromatic carbocycles. The summed E-state index contributed by atoms with van der Waals surface area (Å²) in [5.41, 5.74) is 6.12. The van der Waals surface area contributed by atoms with Gasteiger partial charge in [0.2, 0.25) is 5.91 Å². The molecule has 1 amide bonds. The summed E-state index contributed by atoms with van der Waals surface area (Å²) >= 11 is 0. The first kappa shape index (κ1) is 15.1. The molecule has 0 heterocycles. The van der Waals surface area contributed by atoms with Crippen molar-refractivity contribution in [3.8, 4) is 0 Å². The lowest BCUT2D eigenvalue weighted by Gasteiger charge is -2.16. The molecule has 1 unspecified atom stereocenters. The van der Waals surface area contributed by atoms with Crippen molar-refractivity contribution in [3.63, 3.8) is 0 Å². The molecular weight excluding hydrogens is 246 g/mol. The first-order chi connectivity index (χ1) is 8.93. The maximum Gasteiger partial charge on any atom is 0.269 e. The van der Waals surface area contributed by atoms with E-state index in [-0.39, 0.29) is 24.1 Å². The Hall–Kier alpha value is -1.95. The summed E-state index contributed by atoms with van der Waals surface area (Å²) in [6, 6.07) is 5.74. The van der Waals surface area contributed by atoms with E-state index in [0.717, 1.165) is 6.42 Å². The predicted octanol–water partition coefficient (Wildman–Crippen LogP) is 2.15. The Morgan fingerprint density at radius 2 is 1.95 bits per heavy atom. The maximum absolute atomic E-state index is 12.0. The number of nitrogens with zero attached hydrogens (tertiary/aromatic N) is 1. The number of carbonyl (C=O) groups is 1. The van der Waals surface area contributed by atoms with Gasteiger partial charge in [0.1, 0.15) is 0 Å². The summed E-state index contributed by atoms with van der Waals surface area (Å²) in [5, 5.41) is 13.2. The van der Waals surface area contributed by atoms with Gasteiger partial charge in [-0.3, -0.25) is 14.9 Å². The van der Waals surface area contributed by atoms with E-state index in [9.17, 15) is 14.9 Å². The van der Waals surface area contributed by atoms with E-state index in [2.05, 4.69) is 5.32 Å². The van der Waals surface area contributed by atoms with Crippen molar-refractivity contribution in [2.75, 3.05) is 11.9 Å². The molecule has 6 nitrogen and oxygen atoms in total. The lowest BCUT2D eigenvalue weighted by atomic mass is 9.96. The second kappa shape index (κ2) is 6.84. The number of nitrogens with one attached hydrogen (secondary N) is 1. The van der Waals surface area contributed by atoms with Crippen LogP contribution in [0, 0.1) is 22.0 Å². The van der Waals surface area contributed by atoms with Crippen molar-refractivity contribution in [1.29, 1.82) is 0 Å². The number of non-ortho nitro benzene ring substituents is 1. The number of carbonyl (C=O) groups excluding carboxylic acids is 1. The number of rotatable bonds is 6. The minimum atomic E-state index is -0.479. The van der Waals surface area contributed by atoms with Crippen LogP contribution in [0.5, 0.6) is 0 Å². The van der Waals surface area contributed by atoms with E-state index in [1.807, 2.05) is 13.8 Å². The molecule has 0 aliphatic carbocycles. The van der Waals surface area contributed by atoms with Crippen molar-refractivity contribution >= 4 is 17.3 Å². The number of hydrogen-bond acceptors (Lipinski definition) is 4.